The number of rotatable bonds is 11. The Morgan fingerprint density at radius 3 is 2.43 bits per heavy atom. The zero-order valence-corrected chi connectivity index (χ0v) is 21.5. The summed E-state index contributed by atoms with van der Waals surface area (Å²) < 4.78 is 11.5. The molecule has 3 aromatic rings. The van der Waals surface area contributed by atoms with Crippen molar-refractivity contribution in [3.8, 4) is 5.75 Å². The molecule has 5 N–H and O–H groups in total. The van der Waals surface area contributed by atoms with Crippen LogP contribution in [0.25, 0.3) is 0 Å². The van der Waals surface area contributed by atoms with Crippen LogP contribution in [0.15, 0.2) is 89.8 Å². The Hall–Kier alpha value is -3.95. The minimum atomic E-state index is -0.786. The van der Waals surface area contributed by atoms with Gasteiger partial charge in [-0.3, -0.25) is 10.1 Å². The number of aliphatic hydroxyl groups is 1. The van der Waals surface area contributed by atoms with E-state index in [4.69, 9.17) is 15.2 Å². The van der Waals surface area contributed by atoms with Gasteiger partial charge in [0, 0.05) is 22.1 Å². The van der Waals surface area contributed by atoms with E-state index in [9.17, 15) is 14.7 Å². The van der Waals surface area contributed by atoms with E-state index in [1.54, 1.807) is 78.5 Å². The van der Waals surface area contributed by atoms with Crippen molar-refractivity contribution in [1.82, 2.24) is 0 Å². The van der Waals surface area contributed by atoms with Gasteiger partial charge in [0.2, 0.25) is 5.91 Å². The van der Waals surface area contributed by atoms with E-state index in [-0.39, 0.29) is 19.1 Å². The molecular weight excluding hydrogens is 490 g/mol. The van der Waals surface area contributed by atoms with Crippen LogP contribution in [-0.4, -0.2) is 36.6 Å². The second-order valence-electron chi connectivity index (χ2n) is 8.08. The number of nitrogens with one attached hydrogen (secondary N) is 2. The molecule has 0 fully saturated rings. The first-order valence-electron chi connectivity index (χ1n) is 11.7. The van der Waals surface area contributed by atoms with Crippen molar-refractivity contribution < 1.29 is 24.2 Å². The third-order valence-corrected chi connectivity index (χ3v) is 6.14. The second kappa shape index (κ2) is 14.0. The van der Waals surface area contributed by atoms with E-state index in [1.807, 2.05) is 25.3 Å². The summed E-state index contributed by atoms with van der Waals surface area (Å²) in [5, 5.41) is 14.7. The van der Waals surface area contributed by atoms with Gasteiger partial charge in [0.1, 0.15) is 18.5 Å². The predicted molar refractivity (Wildman–Crippen MR) is 148 cm³/mol. The summed E-state index contributed by atoms with van der Waals surface area (Å²) in [5.74, 6) is -0.311. The summed E-state index contributed by atoms with van der Waals surface area (Å²) in [7, 11) is 0. The number of amides is 2. The summed E-state index contributed by atoms with van der Waals surface area (Å²) in [5.41, 5.74) is 8.06. The number of hydrogen-bond acceptors (Lipinski definition) is 7. The highest BCUT2D eigenvalue weighted by atomic mass is 32.2. The van der Waals surface area contributed by atoms with Crippen molar-refractivity contribution in [3.63, 3.8) is 0 Å². The fourth-order valence-electron chi connectivity index (χ4n) is 3.52. The molecule has 0 aromatic heterocycles. The number of carbonyl (C=O) groups excluding carboxylic acids is 2. The van der Waals surface area contributed by atoms with Crippen LogP contribution in [0.1, 0.15) is 18.6 Å². The molecule has 3 aromatic carbocycles. The minimum absolute atomic E-state index is 0.0862. The molecule has 0 aliphatic carbocycles. The highest BCUT2D eigenvalue weighted by Crippen LogP contribution is 2.34. The molecule has 3 rings (SSSR count). The maximum atomic E-state index is 12.9. The Morgan fingerprint density at radius 2 is 1.73 bits per heavy atom. The molecule has 0 spiro atoms. The van der Waals surface area contributed by atoms with Crippen molar-refractivity contribution in [1.29, 1.82) is 0 Å². The van der Waals surface area contributed by atoms with E-state index in [0.29, 0.717) is 28.4 Å². The first-order valence-corrected chi connectivity index (χ1v) is 12.9. The molecule has 0 bridgehead atoms. The zero-order valence-electron chi connectivity index (χ0n) is 20.7. The van der Waals surface area contributed by atoms with E-state index >= 15 is 0 Å². The number of benzene rings is 3. The number of anilines is 3. The van der Waals surface area contributed by atoms with E-state index < -0.39 is 18.1 Å². The van der Waals surface area contributed by atoms with Crippen molar-refractivity contribution in [3.05, 3.63) is 90.5 Å². The molecule has 194 valence electrons. The number of thioether (sulfide) groups is 1. The summed E-state index contributed by atoms with van der Waals surface area (Å²) in [6, 6.07) is 21.5. The van der Waals surface area contributed by atoms with Crippen LogP contribution in [0.2, 0.25) is 0 Å². The molecule has 0 radical (unpaired) electrons. The van der Waals surface area contributed by atoms with Gasteiger partial charge in [-0.05, 0) is 54.8 Å². The van der Waals surface area contributed by atoms with Crippen LogP contribution in [-0.2, 0) is 9.53 Å². The van der Waals surface area contributed by atoms with Crippen molar-refractivity contribution in [2.45, 2.75) is 17.9 Å². The molecule has 8 nitrogen and oxygen atoms in total. The molecule has 37 heavy (non-hydrogen) atoms. The Balaban J connectivity index is 1.80. The van der Waals surface area contributed by atoms with Gasteiger partial charge < -0.3 is 25.6 Å². The van der Waals surface area contributed by atoms with Crippen LogP contribution >= 0.6 is 11.8 Å². The fourth-order valence-corrected chi connectivity index (χ4v) is 3.93. The zero-order chi connectivity index (χ0) is 26.6. The number of para-hydroxylation sites is 3. The molecule has 0 saturated carbocycles. The highest BCUT2D eigenvalue weighted by molar-refractivity contribution is 7.98. The first-order chi connectivity index (χ1) is 17.9. The van der Waals surface area contributed by atoms with Gasteiger partial charge in [0.05, 0.1) is 18.0 Å². The second-order valence-corrected chi connectivity index (χ2v) is 8.96. The van der Waals surface area contributed by atoms with Gasteiger partial charge in [-0.1, -0.05) is 43.3 Å². The third-order valence-electron chi connectivity index (χ3n) is 5.39. The molecule has 2 atom stereocenters. The maximum Gasteiger partial charge on any atom is 0.412 e. The Labute approximate surface area is 220 Å². The van der Waals surface area contributed by atoms with Crippen molar-refractivity contribution in [2.24, 2.45) is 5.92 Å². The number of nitrogens with two attached hydrogens (primary N) is 1. The molecule has 0 unspecified atom stereocenters. The lowest BCUT2D eigenvalue weighted by molar-refractivity contribution is -0.111. The minimum Gasteiger partial charge on any atom is -0.491 e. The number of ether oxygens (including phenoxy) is 2. The molecule has 0 aliphatic rings. The Morgan fingerprint density at radius 1 is 1.03 bits per heavy atom. The molecule has 0 saturated heterocycles. The Bertz CT molecular complexity index is 1220. The average Bonchev–Trinajstić information content (AvgIpc) is 2.91. The molecular formula is C28H31N3O5S. The average molecular weight is 522 g/mol. The van der Waals surface area contributed by atoms with E-state index in [2.05, 4.69) is 10.6 Å². The maximum absolute atomic E-state index is 12.9. The molecule has 0 aliphatic heterocycles. The van der Waals surface area contributed by atoms with E-state index in [0.717, 1.165) is 4.90 Å². The quantitative estimate of drug-likeness (QED) is 0.150. The fraction of sp³-hybridized carbons (Fsp3) is 0.214. The predicted octanol–water partition coefficient (Wildman–Crippen LogP) is 5.48. The van der Waals surface area contributed by atoms with Crippen LogP contribution < -0.4 is 21.1 Å². The number of nitrogen functional groups attached to an aromatic ring is 1. The van der Waals surface area contributed by atoms with Crippen LogP contribution in [0.4, 0.5) is 21.9 Å². The summed E-state index contributed by atoms with van der Waals surface area (Å²) in [6.45, 7) is 1.75. The topological polar surface area (TPSA) is 123 Å². The van der Waals surface area contributed by atoms with Gasteiger partial charge in [-0.15, -0.1) is 11.8 Å². The molecule has 0 heterocycles. The smallest absolute Gasteiger partial charge is 0.412 e. The summed E-state index contributed by atoms with van der Waals surface area (Å²) in [6.07, 6.45) is 3.57. The monoisotopic (exact) mass is 521 g/mol. The van der Waals surface area contributed by atoms with Crippen molar-refractivity contribution in [2.75, 3.05) is 35.8 Å². The molecule has 2 amide bonds. The van der Waals surface area contributed by atoms with Crippen LogP contribution in [0, 0.1) is 5.92 Å². The lowest BCUT2D eigenvalue weighted by atomic mass is 9.95. The van der Waals surface area contributed by atoms with Gasteiger partial charge in [-0.25, -0.2) is 4.79 Å². The number of aliphatic hydroxyl groups excluding tert-OH is 1. The first kappa shape index (κ1) is 27.6. The SMILES string of the molecule is CSc1ccc(NC(=O)O[C@@H](c2ccccc2OCCO)[C@H](C)/C=C/C(=O)Nc2ccccc2N)cc1. The van der Waals surface area contributed by atoms with Gasteiger partial charge in [0.15, 0.2) is 0 Å². The van der Waals surface area contributed by atoms with Gasteiger partial charge >= 0.3 is 6.09 Å². The van der Waals surface area contributed by atoms with Gasteiger partial charge in [-0.2, -0.15) is 0 Å². The third kappa shape index (κ3) is 8.30. The summed E-state index contributed by atoms with van der Waals surface area (Å²) in [4.78, 5) is 26.5. The van der Waals surface area contributed by atoms with Gasteiger partial charge in [0.25, 0.3) is 0 Å². The van der Waals surface area contributed by atoms with E-state index in [1.165, 1.54) is 6.08 Å². The largest absolute Gasteiger partial charge is 0.491 e. The standard InChI is InChI=1S/C28H31N3O5S/c1-19(11-16-26(33)31-24-9-5-4-8-23(24)29)27(22-7-3-6-10-25(22)35-18-17-32)36-28(34)30-20-12-14-21(37-2)15-13-20/h3-16,19,27,32H,17-18,29H2,1-2H3,(H,30,34)(H,31,33)/b16-11+/t19-,27-/m1/s1. The highest BCUT2D eigenvalue weighted by Gasteiger charge is 2.26. The van der Waals surface area contributed by atoms with Crippen LogP contribution in [0.3, 0.4) is 0 Å². The van der Waals surface area contributed by atoms with Crippen molar-refractivity contribution >= 4 is 40.8 Å². The lowest BCUT2D eigenvalue weighted by Gasteiger charge is -2.25. The number of carbonyl (C=O) groups is 2. The Kier molecular flexibility index (Phi) is 10.4. The molecule has 9 heteroatoms. The number of hydrogen-bond donors (Lipinski definition) is 4. The van der Waals surface area contributed by atoms with Crippen LogP contribution in [0.5, 0.6) is 5.75 Å². The summed E-state index contributed by atoms with van der Waals surface area (Å²) >= 11 is 1.60. The normalized spacial score (nSPS) is 12.5. The lowest BCUT2D eigenvalue weighted by Crippen LogP contribution is -2.22.